The summed E-state index contributed by atoms with van der Waals surface area (Å²) in [6, 6.07) is 32.0. The van der Waals surface area contributed by atoms with Crippen LogP contribution in [0.5, 0.6) is 34.5 Å². The molecular weight excluding hydrogens is 714 g/mol. The number of aromatic hydroxyl groups is 5. The highest BCUT2D eigenvalue weighted by molar-refractivity contribution is 6.20. The molecular formula is C44H39N3O9. The first kappa shape index (κ1) is 37.3. The summed E-state index contributed by atoms with van der Waals surface area (Å²) >= 11 is 0. The van der Waals surface area contributed by atoms with Crippen LogP contribution in [-0.2, 0) is 0 Å². The minimum atomic E-state index is -0.514. The van der Waals surface area contributed by atoms with Crippen molar-refractivity contribution < 1.29 is 44.1 Å². The number of nitrogens with zero attached hydrogens (tertiary/aromatic N) is 2. The fraction of sp³-hybridized carbons (Fsp3) is 0.159. The molecule has 3 heterocycles. The Bertz CT molecular complexity index is 2120. The van der Waals surface area contributed by atoms with Crippen LogP contribution >= 0.6 is 0 Å². The van der Waals surface area contributed by atoms with Gasteiger partial charge in [-0.2, -0.15) is 0 Å². The van der Waals surface area contributed by atoms with Crippen LogP contribution in [-0.4, -0.2) is 60.3 Å². The average molecular weight is 754 g/mol. The number of piperidine rings is 1. The first-order valence-electron chi connectivity index (χ1n) is 18.1. The molecule has 56 heavy (non-hydrogen) atoms. The molecule has 2 aromatic heterocycles. The highest BCUT2D eigenvalue weighted by Gasteiger charge is 2.33. The van der Waals surface area contributed by atoms with Gasteiger partial charge in [0.15, 0.2) is 11.5 Å². The molecule has 1 saturated heterocycles. The molecule has 12 nitrogen and oxygen atoms in total. The summed E-state index contributed by atoms with van der Waals surface area (Å²) < 4.78 is 17.3. The van der Waals surface area contributed by atoms with Gasteiger partial charge in [0.1, 0.15) is 52.0 Å². The van der Waals surface area contributed by atoms with Gasteiger partial charge in [-0.15, -0.1) is 0 Å². The molecule has 0 spiro atoms. The quantitative estimate of drug-likeness (QED) is 0.0770. The Hall–Kier alpha value is -7.05. The number of aromatic nitrogens is 2. The average Bonchev–Trinajstić information content (AvgIpc) is 3.86. The maximum Gasteiger partial charge on any atom is 0.205 e. The van der Waals surface area contributed by atoms with Gasteiger partial charge in [-0.25, -0.2) is 0 Å². The zero-order valence-corrected chi connectivity index (χ0v) is 30.3. The third-order valence-corrected chi connectivity index (χ3v) is 9.45. The summed E-state index contributed by atoms with van der Waals surface area (Å²) in [5.74, 6) is 1.05. The van der Waals surface area contributed by atoms with E-state index in [0.29, 0.717) is 28.3 Å². The molecule has 2 atom stereocenters. The Morgan fingerprint density at radius 2 is 0.964 bits per heavy atom. The van der Waals surface area contributed by atoms with Crippen LogP contribution in [0.25, 0.3) is 45.2 Å². The summed E-state index contributed by atoms with van der Waals surface area (Å²) in [5.41, 5.74) is 2.69. The molecule has 8 rings (SSSR count). The number of carbonyl (C=O) groups is 1. The Morgan fingerprint density at radius 3 is 1.34 bits per heavy atom. The minimum Gasteiger partial charge on any atom is -0.508 e. The van der Waals surface area contributed by atoms with Gasteiger partial charge in [0.25, 0.3) is 0 Å². The molecule has 0 saturated carbocycles. The normalized spacial score (nSPS) is 14.3. The molecule has 0 aliphatic carbocycles. The van der Waals surface area contributed by atoms with Crippen molar-refractivity contribution in [2.75, 3.05) is 6.54 Å². The van der Waals surface area contributed by atoms with Gasteiger partial charge in [-0.05, 0) is 148 Å². The van der Waals surface area contributed by atoms with Gasteiger partial charge >= 0.3 is 0 Å². The summed E-state index contributed by atoms with van der Waals surface area (Å²) in [6.45, 7) is 3.18. The van der Waals surface area contributed by atoms with E-state index in [1.54, 1.807) is 72.8 Å². The van der Waals surface area contributed by atoms with Crippen molar-refractivity contribution >= 4 is 5.78 Å². The number of rotatable bonds is 9. The highest BCUT2D eigenvalue weighted by atomic mass is 16.5. The van der Waals surface area contributed by atoms with Crippen molar-refractivity contribution in [2.45, 2.75) is 38.3 Å². The summed E-state index contributed by atoms with van der Waals surface area (Å²) in [6.07, 6.45) is 3.90. The molecule has 1 fully saturated rings. The minimum absolute atomic E-state index is 0.0400. The smallest absolute Gasteiger partial charge is 0.205 e. The monoisotopic (exact) mass is 753 g/mol. The highest BCUT2D eigenvalue weighted by Crippen LogP contribution is 2.40. The summed E-state index contributed by atoms with van der Waals surface area (Å²) in [7, 11) is 0. The van der Waals surface area contributed by atoms with E-state index in [1.807, 2.05) is 0 Å². The molecule has 2 unspecified atom stereocenters. The molecule has 7 aromatic rings. The van der Waals surface area contributed by atoms with E-state index < -0.39 is 5.78 Å². The molecule has 284 valence electrons. The number of phenols is 5. The molecule has 1 aliphatic heterocycles. The molecule has 0 bridgehead atoms. The van der Waals surface area contributed by atoms with E-state index in [1.165, 1.54) is 67.8 Å². The lowest BCUT2D eigenvalue weighted by atomic mass is 9.91. The van der Waals surface area contributed by atoms with Gasteiger partial charge in [-0.1, -0.05) is 16.7 Å². The fourth-order valence-electron chi connectivity index (χ4n) is 6.48. The maximum absolute atomic E-state index is 14.6. The van der Waals surface area contributed by atoms with Crippen molar-refractivity contribution in [3.63, 3.8) is 0 Å². The number of benzene rings is 5. The van der Waals surface area contributed by atoms with E-state index in [4.69, 9.17) is 13.8 Å². The van der Waals surface area contributed by atoms with Gasteiger partial charge in [-0.3, -0.25) is 4.79 Å². The largest absolute Gasteiger partial charge is 0.508 e. The van der Waals surface area contributed by atoms with Crippen LogP contribution in [0.15, 0.2) is 130 Å². The molecule has 1 aliphatic rings. The number of phenolic OH excluding ortho intramolecular Hbond substituents is 5. The molecule has 6 N–H and O–H groups in total. The zero-order chi connectivity index (χ0) is 39.2. The van der Waals surface area contributed by atoms with E-state index in [9.17, 15) is 30.3 Å². The number of hydrogen-bond donors (Lipinski definition) is 6. The van der Waals surface area contributed by atoms with Crippen molar-refractivity contribution in [1.82, 2.24) is 15.6 Å². The topological polar surface area (TPSA) is 192 Å². The van der Waals surface area contributed by atoms with Gasteiger partial charge < -0.3 is 44.6 Å². The van der Waals surface area contributed by atoms with Crippen LogP contribution in [0.4, 0.5) is 0 Å². The zero-order valence-electron chi connectivity index (χ0n) is 30.3. The predicted molar refractivity (Wildman–Crippen MR) is 209 cm³/mol. The van der Waals surface area contributed by atoms with Crippen molar-refractivity contribution in [1.29, 1.82) is 0 Å². The lowest BCUT2D eigenvalue weighted by molar-refractivity contribution is 0.104. The maximum atomic E-state index is 14.6. The summed E-state index contributed by atoms with van der Waals surface area (Å²) in [5, 5.41) is 60.3. The number of hydrogen-bond acceptors (Lipinski definition) is 12. The Morgan fingerprint density at radius 1 is 0.589 bits per heavy atom. The van der Waals surface area contributed by atoms with Crippen molar-refractivity contribution in [3.8, 4) is 79.7 Å². The lowest BCUT2D eigenvalue weighted by Gasteiger charge is -2.29. The second-order valence-electron chi connectivity index (χ2n) is 13.4. The predicted octanol–water partition coefficient (Wildman–Crippen LogP) is 8.69. The second kappa shape index (κ2) is 16.5. The standard InChI is InChI=1S/C31H20N2O7.C13H19NO2/c34-21-9-1-17(2-10-21)27-25(30(39-32-27)19-5-13-23(36)14-6-19)29(38)26-28(18-3-11-22(35)12-4-18)33-40-31(26)20-7-15-24(37)16-8-20;1-10(13-4-2-3-9-14-13)16-12-7-5-11(15)6-8-12/h1-16,34-37H;5-8,10,13-15H,2-4,9H2,1H3. The van der Waals surface area contributed by atoms with Crippen molar-refractivity contribution in [3.05, 3.63) is 132 Å². The summed E-state index contributed by atoms with van der Waals surface area (Å²) in [4.78, 5) is 14.6. The van der Waals surface area contributed by atoms with Gasteiger partial charge in [0.05, 0.1) is 11.1 Å². The number of ether oxygens (including phenoxy) is 1. The van der Waals surface area contributed by atoms with E-state index >= 15 is 0 Å². The third-order valence-electron chi connectivity index (χ3n) is 9.45. The van der Waals surface area contributed by atoms with Crippen molar-refractivity contribution in [2.24, 2.45) is 0 Å². The lowest BCUT2D eigenvalue weighted by Crippen LogP contribution is -2.44. The van der Waals surface area contributed by atoms with Crippen LogP contribution in [0.1, 0.15) is 42.1 Å². The van der Waals surface area contributed by atoms with Crippen LogP contribution in [0, 0.1) is 0 Å². The molecule has 0 radical (unpaired) electrons. The SMILES string of the molecule is CC(Oc1ccc(O)cc1)C1CCCCN1.O=C(c1c(-c2ccc(O)cc2)noc1-c1ccc(O)cc1)c1c(-c2ccc(O)cc2)noc1-c1ccc(O)cc1. The van der Waals surface area contributed by atoms with Gasteiger partial charge in [0, 0.05) is 28.3 Å². The van der Waals surface area contributed by atoms with E-state index in [2.05, 4.69) is 22.6 Å². The number of nitrogens with one attached hydrogen (secondary N) is 1. The van der Waals surface area contributed by atoms with E-state index in [0.717, 1.165) is 12.3 Å². The molecule has 5 aromatic carbocycles. The van der Waals surface area contributed by atoms with Crippen LogP contribution in [0.3, 0.4) is 0 Å². The Labute approximate surface area is 321 Å². The second-order valence-corrected chi connectivity index (χ2v) is 13.4. The molecule has 0 amide bonds. The van der Waals surface area contributed by atoms with Gasteiger partial charge in [0.2, 0.25) is 5.78 Å². The fourth-order valence-corrected chi connectivity index (χ4v) is 6.48. The first-order chi connectivity index (χ1) is 27.1. The first-order valence-corrected chi connectivity index (χ1v) is 18.1. The molecule has 12 heteroatoms. The Balaban J connectivity index is 0.000000251. The van der Waals surface area contributed by atoms with Crippen LogP contribution < -0.4 is 10.1 Å². The number of carbonyl (C=O) groups excluding carboxylic acids is 1. The Kier molecular flexibility index (Phi) is 11.0. The van der Waals surface area contributed by atoms with E-state index in [-0.39, 0.29) is 68.9 Å². The van der Waals surface area contributed by atoms with Crippen LogP contribution in [0.2, 0.25) is 0 Å². The number of ketones is 1. The third kappa shape index (κ3) is 8.35.